The van der Waals surface area contributed by atoms with Gasteiger partial charge in [-0.25, -0.2) is 0 Å². The van der Waals surface area contributed by atoms with Crippen molar-refractivity contribution in [1.29, 1.82) is 0 Å². The molecule has 0 aliphatic heterocycles. The molecule has 0 bridgehead atoms. The van der Waals surface area contributed by atoms with Crippen molar-refractivity contribution in [1.82, 2.24) is 10.2 Å². The van der Waals surface area contributed by atoms with Gasteiger partial charge in [-0.05, 0) is 37.1 Å². The van der Waals surface area contributed by atoms with Crippen molar-refractivity contribution >= 4 is 17.5 Å². The summed E-state index contributed by atoms with van der Waals surface area (Å²) < 4.78 is 15.8. The number of amides is 2. The Labute approximate surface area is 192 Å². The van der Waals surface area contributed by atoms with Gasteiger partial charge in [0.1, 0.15) is 17.5 Å². The number of carbonyl (C=O) groups excluding carboxylic acids is 2. The third-order valence-corrected chi connectivity index (χ3v) is 4.94. The Kier molecular flexibility index (Phi) is 9.46. The van der Waals surface area contributed by atoms with E-state index in [1.165, 1.54) is 30.2 Å². The van der Waals surface area contributed by atoms with Gasteiger partial charge in [0.15, 0.2) is 6.61 Å². The smallest absolute Gasteiger partial charge is 0.311 e. The number of nitro groups is 1. The van der Waals surface area contributed by atoms with Crippen molar-refractivity contribution in [2.45, 2.75) is 32.9 Å². The summed E-state index contributed by atoms with van der Waals surface area (Å²) in [5.41, 5.74) is 0.606. The lowest BCUT2D eigenvalue weighted by Crippen LogP contribution is -2.49. The van der Waals surface area contributed by atoms with Gasteiger partial charge in [0.2, 0.25) is 11.7 Å². The minimum atomic E-state index is -0.735. The first-order valence-electron chi connectivity index (χ1n) is 10.5. The van der Waals surface area contributed by atoms with Crippen LogP contribution in [0.4, 0.5) is 5.69 Å². The largest absolute Gasteiger partial charge is 0.497 e. The summed E-state index contributed by atoms with van der Waals surface area (Å²) in [4.78, 5) is 37.5. The molecule has 2 aromatic carbocycles. The van der Waals surface area contributed by atoms with E-state index in [1.807, 2.05) is 19.1 Å². The van der Waals surface area contributed by atoms with Gasteiger partial charge in [0, 0.05) is 25.2 Å². The van der Waals surface area contributed by atoms with Crippen molar-refractivity contribution < 1.29 is 28.7 Å². The Balaban J connectivity index is 2.17. The molecule has 0 spiro atoms. The molecular weight excluding hydrogens is 430 g/mol. The van der Waals surface area contributed by atoms with Gasteiger partial charge >= 0.3 is 5.69 Å². The SMILES string of the molecule is CCCNC(=O)[C@@H](C)N(Cc1ccc(OC)cc1)C(=O)COc1ccc([N+](=O)[O-])c(OC)c1. The maximum absolute atomic E-state index is 13.1. The fraction of sp³-hybridized carbons (Fsp3) is 0.391. The highest BCUT2D eigenvalue weighted by atomic mass is 16.6. The van der Waals surface area contributed by atoms with Crippen LogP contribution in [0.5, 0.6) is 17.2 Å². The molecule has 0 heterocycles. The van der Waals surface area contributed by atoms with Crippen LogP contribution in [0.15, 0.2) is 42.5 Å². The van der Waals surface area contributed by atoms with Gasteiger partial charge in [-0.15, -0.1) is 0 Å². The molecule has 33 heavy (non-hydrogen) atoms. The van der Waals surface area contributed by atoms with E-state index >= 15 is 0 Å². The average Bonchev–Trinajstić information content (AvgIpc) is 2.83. The standard InChI is InChI=1S/C23H29N3O7/c1-5-12-24-23(28)16(2)25(14-17-6-8-18(31-3)9-7-17)22(27)15-33-19-10-11-20(26(29)30)21(13-19)32-4/h6-11,13,16H,5,12,14-15H2,1-4H3,(H,24,28)/t16-/m1/s1. The van der Waals surface area contributed by atoms with Gasteiger partial charge in [-0.3, -0.25) is 19.7 Å². The monoisotopic (exact) mass is 459 g/mol. The summed E-state index contributed by atoms with van der Waals surface area (Å²) in [7, 11) is 2.87. The molecule has 0 aliphatic rings. The predicted octanol–water partition coefficient (Wildman–Crippen LogP) is 2.93. The van der Waals surface area contributed by atoms with Crippen LogP contribution < -0.4 is 19.5 Å². The second-order valence-corrected chi connectivity index (χ2v) is 7.22. The van der Waals surface area contributed by atoms with Gasteiger partial charge < -0.3 is 24.4 Å². The third kappa shape index (κ3) is 7.09. The van der Waals surface area contributed by atoms with Crippen LogP contribution in [-0.4, -0.2) is 55.1 Å². The lowest BCUT2D eigenvalue weighted by atomic mass is 10.1. The van der Waals surface area contributed by atoms with Crippen LogP contribution in [0, 0.1) is 10.1 Å². The molecule has 10 heteroatoms. The predicted molar refractivity (Wildman–Crippen MR) is 121 cm³/mol. The van der Waals surface area contributed by atoms with Crippen LogP contribution in [0.2, 0.25) is 0 Å². The highest BCUT2D eigenvalue weighted by molar-refractivity contribution is 5.88. The molecule has 0 aromatic heterocycles. The minimum Gasteiger partial charge on any atom is -0.497 e. The number of rotatable bonds is 12. The van der Waals surface area contributed by atoms with Gasteiger partial charge in [-0.1, -0.05) is 19.1 Å². The molecule has 1 atom stereocenters. The molecule has 2 aromatic rings. The number of carbonyl (C=O) groups is 2. The molecule has 2 amide bonds. The fourth-order valence-corrected chi connectivity index (χ4v) is 3.03. The molecule has 2 rings (SSSR count). The summed E-state index contributed by atoms with van der Waals surface area (Å²) in [6, 6.07) is 10.4. The first-order chi connectivity index (χ1) is 15.8. The zero-order chi connectivity index (χ0) is 24.4. The minimum absolute atomic E-state index is 0.0207. The van der Waals surface area contributed by atoms with Crippen LogP contribution in [0.3, 0.4) is 0 Å². The first kappa shape index (κ1) is 25.4. The van der Waals surface area contributed by atoms with Crippen molar-refractivity contribution in [3.05, 3.63) is 58.1 Å². The van der Waals surface area contributed by atoms with Gasteiger partial charge in [-0.2, -0.15) is 0 Å². The Hall–Kier alpha value is -3.82. The number of nitrogens with one attached hydrogen (secondary N) is 1. The van der Waals surface area contributed by atoms with Crippen LogP contribution in [-0.2, 0) is 16.1 Å². The number of ether oxygens (including phenoxy) is 3. The molecule has 10 nitrogen and oxygen atoms in total. The van der Waals surface area contributed by atoms with Gasteiger partial charge in [0.25, 0.3) is 5.91 Å². The second-order valence-electron chi connectivity index (χ2n) is 7.22. The highest BCUT2D eigenvalue weighted by Gasteiger charge is 2.26. The lowest BCUT2D eigenvalue weighted by molar-refractivity contribution is -0.385. The molecule has 0 saturated heterocycles. The molecule has 178 valence electrons. The number of methoxy groups -OCH3 is 2. The van der Waals surface area contributed by atoms with Crippen LogP contribution >= 0.6 is 0 Å². The zero-order valence-corrected chi connectivity index (χ0v) is 19.2. The zero-order valence-electron chi connectivity index (χ0n) is 19.2. The van der Waals surface area contributed by atoms with E-state index < -0.39 is 16.9 Å². The van der Waals surface area contributed by atoms with E-state index in [9.17, 15) is 19.7 Å². The van der Waals surface area contributed by atoms with Crippen molar-refractivity contribution in [2.24, 2.45) is 0 Å². The molecule has 0 fully saturated rings. The Morgan fingerprint density at radius 1 is 1.09 bits per heavy atom. The first-order valence-corrected chi connectivity index (χ1v) is 10.5. The van der Waals surface area contributed by atoms with Crippen molar-refractivity contribution in [3.8, 4) is 17.2 Å². The number of nitro benzene ring substituents is 1. The second kappa shape index (κ2) is 12.3. The molecule has 0 aliphatic carbocycles. The molecular formula is C23H29N3O7. The van der Waals surface area contributed by atoms with Crippen molar-refractivity contribution in [2.75, 3.05) is 27.4 Å². The highest BCUT2D eigenvalue weighted by Crippen LogP contribution is 2.30. The van der Waals surface area contributed by atoms with Crippen LogP contribution in [0.1, 0.15) is 25.8 Å². The van der Waals surface area contributed by atoms with E-state index in [1.54, 1.807) is 26.2 Å². The number of hydrogen-bond acceptors (Lipinski definition) is 7. The third-order valence-electron chi connectivity index (χ3n) is 4.94. The number of nitrogens with zero attached hydrogens (tertiary/aromatic N) is 2. The van der Waals surface area contributed by atoms with Crippen LogP contribution in [0.25, 0.3) is 0 Å². The van der Waals surface area contributed by atoms with E-state index in [0.717, 1.165) is 12.0 Å². The molecule has 0 saturated carbocycles. The van der Waals surface area contributed by atoms with E-state index in [2.05, 4.69) is 5.32 Å². The summed E-state index contributed by atoms with van der Waals surface area (Å²) in [5.74, 6) is 0.254. The van der Waals surface area contributed by atoms with Gasteiger partial charge in [0.05, 0.1) is 19.1 Å². The Morgan fingerprint density at radius 3 is 2.33 bits per heavy atom. The maximum Gasteiger partial charge on any atom is 0.311 e. The quantitative estimate of drug-likeness (QED) is 0.383. The summed E-state index contributed by atoms with van der Waals surface area (Å²) in [6.45, 7) is 3.94. The van der Waals surface area contributed by atoms with E-state index in [0.29, 0.717) is 12.3 Å². The number of hydrogen-bond donors (Lipinski definition) is 1. The average molecular weight is 459 g/mol. The van der Waals surface area contributed by atoms with E-state index in [4.69, 9.17) is 14.2 Å². The lowest BCUT2D eigenvalue weighted by Gasteiger charge is -2.28. The number of benzene rings is 2. The summed E-state index contributed by atoms with van der Waals surface area (Å²) in [6.07, 6.45) is 0.774. The summed E-state index contributed by atoms with van der Waals surface area (Å²) >= 11 is 0. The van der Waals surface area contributed by atoms with Crippen molar-refractivity contribution in [3.63, 3.8) is 0 Å². The Bertz CT molecular complexity index is 963. The Morgan fingerprint density at radius 2 is 1.76 bits per heavy atom. The molecule has 1 N–H and O–H groups in total. The molecule has 0 unspecified atom stereocenters. The maximum atomic E-state index is 13.1. The summed E-state index contributed by atoms with van der Waals surface area (Å²) in [5, 5.41) is 13.9. The fourth-order valence-electron chi connectivity index (χ4n) is 3.03. The van der Waals surface area contributed by atoms with E-state index in [-0.39, 0.29) is 36.2 Å². The normalized spacial score (nSPS) is 11.3. The molecule has 0 radical (unpaired) electrons. The topological polar surface area (TPSA) is 120 Å².